The van der Waals surface area contributed by atoms with E-state index in [0.717, 1.165) is 25.1 Å². The first-order valence-electron chi connectivity index (χ1n) is 9.21. The third-order valence-electron chi connectivity index (χ3n) is 5.70. The molecule has 25 heavy (non-hydrogen) atoms. The lowest BCUT2D eigenvalue weighted by atomic mass is 9.85. The summed E-state index contributed by atoms with van der Waals surface area (Å²) in [4.78, 5) is 29.5. The maximum absolute atomic E-state index is 12.8. The van der Waals surface area contributed by atoms with Gasteiger partial charge in [-0.1, -0.05) is 0 Å². The van der Waals surface area contributed by atoms with E-state index in [1.807, 2.05) is 30.4 Å². The van der Waals surface area contributed by atoms with E-state index in [-0.39, 0.29) is 17.4 Å². The lowest BCUT2D eigenvalue weighted by Crippen LogP contribution is -2.61. The fourth-order valence-corrected chi connectivity index (χ4v) is 3.88. The summed E-state index contributed by atoms with van der Waals surface area (Å²) in [6, 6.07) is 1.89. The molecule has 2 saturated heterocycles. The average molecular weight is 346 g/mol. The number of hydrogen-bond acceptors (Lipinski definition) is 3. The Bertz CT molecular complexity index is 651. The standard InChI is InChI=1S/C19H30N4O2/c1-18(2,3)23-11-6-15(14-23)16(24)22-12-7-19(8-13-22)17(25)20-9-5-10-21(19)4/h6,11,14H,5,7-10,12-13H2,1-4H3,(H,20,25). The molecule has 1 spiro atoms. The molecule has 0 atom stereocenters. The first-order valence-corrected chi connectivity index (χ1v) is 9.21. The number of rotatable bonds is 1. The second-order valence-electron chi connectivity index (χ2n) is 8.33. The molecule has 6 heteroatoms. The maximum Gasteiger partial charge on any atom is 0.255 e. The first-order chi connectivity index (χ1) is 11.7. The van der Waals surface area contributed by atoms with E-state index in [1.54, 1.807) is 0 Å². The Morgan fingerprint density at radius 3 is 2.48 bits per heavy atom. The molecule has 1 aromatic rings. The van der Waals surface area contributed by atoms with Crippen molar-refractivity contribution in [1.82, 2.24) is 19.7 Å². The van der Waals surface area contributed by atoms with Gasteiger partial charge in [0.1, 0.15) is 5.54 Å². The predicted octanol–water partition coefficient (Wildman–Crippen LogP) is 1.67. The van der Waals surface area contributed by atoms with Crippen LogP contribution in [0.3, 0.4) is 0 Å². The number of amides is 2. The molecule has 3 rings (SSSR count). The molecule has 0 aromatic carbocycles. The molecule has 0 unspecified atom stereocenters. The average Bonchev–Trinajstić information content (AvgIpc) is 3.03. The van der Waals surface area contributed by atoms with Crippen molar-refractivity contribution in [3.63, 3.8) is 0 Å². The minimum absolute atomic E-state index is 0.0361. The lowest BCUT2D eigenvalue weighted by molar-refractivity contribution is -0.134. The van der Waals surface area contributed by atoms with Gasteiger partial charge in [0.05, 0.1) is 5.56 Å². The van der Waals surface area contributed by atoms with Gasteiger partial charge in [-0.15, -0.1) is 0 Å². The highest BCUT2D eigenvalue weighted by Gasteiger charge is 2.46. The van der Waals surface area contributed by atoms with Gasteiger partial charge in [-0.3, -0.25) is 14.5 Å². The molecule has 2 aliphatic heterocycles. The minimum atomic E-state index is -0.454. The van der Waals surface area contributed by atoms with Gasteiger partial charge in [0, 0.05) is 44.1 Å². The number of likely N-dealkylation sites (N-methyl/N-ethyl adjacent to an activating group) is 1. The zero-order valence-corrected chi connectivity index (χ0v) is 15.8. The van der Waals surface area contributed by atoms with Gasteiger partial charge in [-0.25, -0.2) is 0 Å². The highest BCUT2D eigenvalue weighted by molar-refractivity contribution is 5.94. The van der Waals surface area contributed by atoms with Crippen molar-refractivity contribution in [3.8, 4) is 0 Å². The molecular weight excluding hydrogens is 316 g/mol. The van der Waals surface area contributed by atoms with Crippen LogP contribution < -0.4 is 5.32 Å². The predicted molar refractivity (Wildman–Crippen MR) is 97.6 cm³/mol. The van der Waals surface area contributed by atoms with Crippen LogP contribution in [0.25, 0.3) is 0 Å². The van der Waals surface area contributed by atoms with Crippen molar-refractivity contribution < 1.29 is 9.59 Å². The smallest absolute Gasteiger partial charge is 0.255 e. The number of likely N-dealkylation sites (tertiary alicyclic amines) is 1. The van der Waals surface area contributed by atoms with Gasteiger partial charge in [0.15, 0.2) is 0 Å². The van der Waals surface area contributed by atoms with Crippen LogP contribution in [0.5, 0.6) is 0 Å². The van der Waals surface area contributed by atoms with Crippen LogP contribution in [0.2, 0.25) is 0 Å². The van der Waals surface area contributed by atoms with Crippen molar-refractivity contribution >= 4 is 11.8 Å². The fraction of sp³-hybridized carbons (Fsp3) is 0.684. The largest absolute Gasteiger partial charge is 0.354 e. The number of carbonyl (C=O) groups is 2. The van der Waals surface area contributed by atoms with Crippen LogP contribution in [-0.4, -0.2) is 64.9 Å². The van der Waals surface area contributed by atoms with E-state index >= 15 is 0 Å². The van der Waals surface area contributed by atoms with Crippen LogP contribution in [0.15, 0.2) is 18.5 Å². The highest BCUT2D eigenvalue weighted by Crippen LogP contribution is 2.30. The molecule has 0 bridgehead atoms. The Morgan fingerprint density at radius 1 is 1.20 bits per heavy atom. The Morgan fingerprint density at radius 2 is 1.88 bits per heavy atom. The summed E-state index contributed by atoms with van der Waals surface area (Å²) in [6.45, 7) is 9.26. The van der Waals surface area contributed by atoms with Crippen LogP contribution >= 0.6 is 0 Å². The number of aromatic nitrogens is 1. The normalized spacial score (nSPS) is 21.9. The Balaban J connectivity index is 1.70. The Hall–Kier alpha value is -1.82. The molecule has 3 heterocycles. The van der Waals surface area contributed by atoms with Gasteiger partial charge < -0.3 is 14.8 Å². The zero-order chi connectivity index (χ0) is 18.2. The van der Waals surface area contributed by atoms with Crippen molar-refractivity contribution in [3.05, 3.63) is 24.0 Å². The van der Waals surface area contributed by atoms with E-state index in [2.05, 4.69) is 35.6 Å². The number of hydrogen-bond donors (Lipinski definition) is 1. The lowest BCUT2D eigenvalue weighted by Gasteiger charge is -2.44. The first kappa shape index (κ1) is 18.0. The van der Waals surface area contributed by atoms with E-state index in [4.69, 9.17) is 0 Å². The van der Waals surface area contributed by atoms with E-state index < -0.39 is 5.54 Å². The van der Waals surface area contributed by atoms with Crippen LogP contribution in [0.4, 0.5) is 0 Å². The molecule has 0 saturated carbocycles. The molecule has 2 amide bonds. The monoisotopic (exact) mass is 346 g/mol. The molecule has 0 aliphatic carbocycles. The third kappa shape index (κ3) is 3.32. The highest BCUT2D eigenvalue weighted by atomic mass is 16.2. The summed E-state index contributed by atoms with van der Waals surface area (Å²) >= 11 is 0. The number of nitrogens with zero attached hydrogens (tertiary/aromatic N) is 3. The molecule has 138 valence electrons. The summed E-state index contributed by atoms with van der Waals surface area (Å²) in [5.41, 5.74) is 0.237. The fourth-order valence-electron chi connectivity index (χ4n) is 3.88. The molecule has 1 N–H and O–H groups in total. The van der Waals surface area contributed by atoms with E-state index in [1.165, 1.54) is 0 Å². The Kier molecular flexibility index (Phi) is 4.66. The summed E-state index contributed by atoms with van der Waals surface area (Å²) in [5.74, 6) is 0.188. The van der Waals surface area contributed by atoms with Gasteiger partial charge in [-0.05, 0) is 53.1 Å². The molecule has 1 aromatic heterocycles. The number of carbonyl (C=O) groups excluding carboxylic acids is 2. The van der Waals surface area contributed by atoms with Gasteiger partial charge in [0.2, 0.25) is 5.91 Å². The van der Waals surface area contributed by atoms with Crippen molar-refractivity contribution in [2.75, 3.05) is 33.2 Å². The molecule has 2 aliphatic rings. The second-order valence-corrected chi connectivity index (χ2v) is 8.33. The molecule has 0 radical (unpaired) electrons. The maximum atomic E-state index is 12.8. The summed E-state index contributed by atoms with van der Waals surface area (Å²) in [6.07, 6.45) is 6.26. The van der Waals surface area contributed by atoms with Crippen molar-refractivity contribution in [2.45, 2.75) is 51.1 Å². The summed E-state index contributed by atoms with van der Waals surface area (Å²) < 4.78 is 2.07. The number of piperidine rings is 1. The second kappa shape index (κ2) is 6.48. The summed E-state index contributed by atoms with van der Waals surface area (Å²) in [5, 5.41) is 3.04. The minimum Gasteiger partial charge on any atom is -0.354 e. The zero-order valence-electron chi connectivity index (χ0n) is 15.8. The molecule has 6 nitrogen and oxygen atoms in total. The molecular formula is C19H30N4O2. The number of nitrogens with one attached hydrogen (secondary N) is 1. The van der Waals surface area contributed by atoms with Gasteiger partial charge >= 0.3 is 0 Å². The quantitative estimate of drug-likeness (QED) is 0.841. The SMILES string of the molecule is CN1CCCNC(=O)C12CCN(C(=O)c1ccn(C(C)(C)C)c1)CC2. The van der Waals surface area contributed by atoms with E-state index in [0.29, 0.717) is 25.9 Å². The van der Waals surface area contributed by atoms with Gasteiger partial charge in [-0.2, -0.15) is 0 Å². The van der Waals surface area contributed by atoms with E-state index in [9.17, 15) is 9.59 Å². The van der Waals surface area contributed by atoms with Crippen molar-refractivity contribution in [1.29, 1.82) is 0 Å². The summed E-state index contributed by atoms with van der Waals surface area (Å²) in [7, 11) is 2.03. The van der Waals surface area contributed by atoms with Crippen LogP contribution in [0.1, 0.15) is 50.4 Å². The molecule has 2 fully saturated rings. The van der Waals surface area contributed by atoms with Gasteiger partial charge in [0.25, 0.3) is 5.91 Å². The van der Waals surface area contributed by atoms with Crippen LogP contribution in [0, 0.1) is 0 Å². The topological polar surface area (TPSA) is 57.6 Å². The Labute approximate surface area is 150 Å². The van der Waals surface area contributed by atoms with Crippen molar-refractivity contribution in [2.24, 2.45) is 0 Å². The van der Waals surface area contributed by atoms with Crippen LogP contribution in [-0.2, 0) is 10.3 Å². The third-order valence-corrected chi connectivity index (χ3v) is 5.70.